The van der Waals surface area contributed by atoms with Gasteiger partial charge in [-0.2, -0.15) is 44.3 Å². The van der Waals surface area contributed by atoms with E-state index in [1.807, 2.05) is 0 Å². The second-order valence-electron chi connectivity index (χ2n) is 9.58. The van der Waals surface area contributed by atoms with Crippen LogP contribution in [0.2, 0.25) is 0 Å². The lowest BCUT2D eigenvalue weighted by molar-refractivity contribution is -0.143. The molecule has 2 aromatic carbocycles. The highest BCUT2D eigenvalue weighted by atomic mass is 19.4. The molecule has 1 aromatic heterocycles. The van der Waals surface area contributed by atoms with Crippen LogP contribution in [-0.4, -0.2) is 33.3 Å². The summed E-state index contributed by atoms with van der Waals surface area (Å²) in [6, 6.07) is 2.91. The summed E-state index contributed by atoms with van der Waals surface area (Å²) < 4.78 is 123. The Kier molecular flexibility index (Phi) is 7.71. The molecular weight excluding hydrogens is 555 g/mol. The van der Waals surface area contributed by atoms with Crippen molar-refractivity contribution in [2.75, 3.05) is 22.9 Å². The normalized spacial score (nSPS) is 16.6. The van der Waals surface area contributed by atoms with Crippen LogP contribution in [0.4, 0.5) is 51.1 Å². The molecule has 0 fully saturated rings. The molecule has 15 heteroatoms. The number of hydrogen-bond acceptors (Lipinski definition) is 5. The largest absolute Gasteiger partial charge is 0.416 e. The van der Waals surface area contributed by atoms with Crippen molar-refractivity contribution in [3.63, 3.8) is 0 Å². The second kappa shape index (κ2) is 10.5. The maximum absolute atomic E-state index is 13.8. The molecule has 218 valence electrons. The highest BCUT2D eigenvalue weighted by molar-refractivity contribution is 5.62. The van der Waals surface area contributed by atoms with Gasteiger partial charge in [0.25, 0.3) is 5.95 Å². The van der Waals surface area contributed by atoms with E-state index in [9.17, 15) is 39.5 Å². The Bertz CT molecular complexity index is 1330. The average molecular weight is 580 g/mol. The van der Waals surface area contributed by atoms with Crippen molar-refractivity contribution in [1.29, 1.82) is 0 Å². The number of anilines is 2. The first-order valence-electron chi connectivity index (χ1n) is 12.2. The monoisotopic (exact) mass is 580 g/mol. The highest BCUT2D eigenvalue weighted by Gasteiger charge is 2.39. The Morgan fingerprint density at radius 1 is 0.900 bits per heavy atom. The summed E-state index contributed by atoms with van der Waals surface area (Å²) in [7, 11) is 1.43. The van der Waals surface area contributed by atoms with Crippen molar-refractivity contribution in [3.8, 4) is 0 Å². The van der Waals surface area contributed by atoms with Gasteiger partial charge in [-0.05, 0) is 72.9 Å². The van der Waals surface area contributed by atoms with Crippen LogP contribution in [0, 0.1) is 6.92 Å². The molecule has 40 heavy (non-hydrogen) atoms. The number of aryl methyl sites for hydroxylation is 2. The molecule has 1 aliphatic heterocycles. The molecule has 0 aliphatic carbocycles. The first kappa shape index (κ1) is 29.5. The maximum atomic E-state index is 13.8. The van der Waals surface area contributed by atoms with E-state index in [2.05, 4.69) is 15.4 Å². The molecule has 4 rings (SSSR count). The van der Waals surface area contributed by atoms with E-state index in [0.717, 1.165) is 10.9 Å². The minimum Gasteiger partial charge on any atom is -0.372 e. The third kappa shape index (κ3) is 6.12. The summed E-state index contributed by atoms with van der Waals surface area (Å²) in [5, 5.41) is 11.8. The van der Waals surface area contributed by atoms with Crippen LogP contribution in [0.25, 0.3) is 0 Å². The van der Waals surface area contributed by atoms with Crippen molar-refractivity contribution >= 4 is 11.6 Å². The third-order valence-electron chi connectivity index (χ3n) is 6.80. The Morgan fingerprint density at radius 2 is 1.52 bits per heavy atom. The maximum Gasteiger partial charge on any atom is 0.416 e. The van der Waals surface area contributed by atoms with Crippen molar-refractivity contribution < 1.29 is 39.5 Å². The van der Waals surface area contributed by atoms with Crippen molar-refractivity contribution in [1.82, 2.24) is 20.2 Å². The summed E-state index contributed by atoms with van der Waals surface area (Å²) in [5.74, 6) is -0.0908. The second-order valence-corrected chi connectivity index (χ2v) is 9.58. The van der Waals surface area contributed by atoms with Crippen LogP contribution in [0.3, 0.4) is 0 Å². The summed E-state index contributed by atoms with van der Waals surface area (Å²) in [6.45, 7) is 3.36. The molecule has 6 nitrogen and oxygen atoms in total. The van der Waals surface area contributed by atoms with Crippen molar-refractivity contribution in [3.05, 3.63) is 63.7 Å². The summed E-state index contributed by atoms with van der Waals surface area (Å²) >= 11 is 0. The Labute approximate surface area is 223 Å². The van der Waals surface area contributed by atoms with Gasteiger partial charge in [0.15, 0.2) is 0 Å². The van der Waals surface area contributed by atoms with Gasteiger partial charge in [0.1, 0.15) is 0 Å². The van der Waals surface area contributed by atoms with Crippen LogP contribution in [0.5, 0.6) is 0 Å². The lowest BCUT2D eigenvalue weighted by atomic mass is 9.94. The summed E-state index contributed by atoms with van der Waals surface area (Å²) in [6.07, 6.45) is -13.9. The van der Waals surface area contributed by atoms with E-state index in [4.69, 9.17) is 0 Å². The molecular formula is C25H25F9N6. The molecule has 0 bridgehead atoms. The molecule has 1 atom stereocenters. The van der Waals surface area contributed by atoms with E-state index in [1.165, 1.54) is 24.9 Å². The minimum absolute atomic E-state index is 0.0382. The number of benzene rings is 2. The topological polar surface area (TPSA) is 50.1 Å². The van der Waals surface area contributed by atoms with Gasteiger partial charge in [-0.3, -0.25) is 0 Å². The Balaban J connectivity index is 1.90. The SMILES string of the molecule is CCN1CCCC(N(Cc2cc(C(F)(F)F)cc(C(F)(F)F)c2)c2nnn(C)n2)c2cc(C)c(C(F)(F)F)cc21. The lowest BCUT2D eigenvalue weighted by Crippen LogP contribution is -2.30. The fraction of sp³-hybridized carbons (Fsp3) is 0.480. The number of nitrogens with zero attached hydrogens (tertiary/aromatic N) is 6. The number of rotatable bonds is 5. The van der Waals surface area contributed by atoms with Gasteiger partial charge in [0.2, 0.25) is 0 Å². The van der Waals surface area contributed by atoms with Gasteiger partial charge in [0, 0.05) is 25.3 Å². The quantitative estimate of drug-likeness (QED) is 0.306. The zero-order chi connectivity index (χ0) is 29.6. The van der Waals surface area contributed by atoms with Crippen molar-refractivity contribution in [2.45, 2.75) is 57.8 Å². The number of halogens is 9. The number of tetrazole rings is 1. The molecule has 0 saturated heterocycles. The van der Waals surface area contributed by atoms with Gasteiger partial charge in [-0.25, -0.2) is 0 Å². The van der Waals surface area contributed by atoms with Gasteiger partial charge >= 0.3 is 18.5 Å². The number of alkyl halides is 9. The predicted molar refractivity (Wildman–Crippen MR) is 127 cm³/mol. The molecule has 1 aliphatic rings. The zero-order valence-electron chi connectivity index (χ0n) is 21.6. The molecule has 0 amide bonds. The van der Waals surface area contributed by atoms with E-state index >= 15 is 0 Å². The van der Waals surface area contributed by atoms with Crippen LogP contribution >= 0.6 is 0 Å². The standard InChI is InChI=1S/C25H25F9N6/c1-4-39-7-5-6-20(18-8-14(2)19(12-21(18)39)25(32,33)34)40(22-35-37-38(3)36-22)13-15-9-16(23(26,27)28)11-17(10-15)24(29,30)31/h8-12,20H,4-7,13H2,1-3H3. The van der Waals surface area contributed by atoms with E-state index in [-0.39, 0.29) is 28.8 Å². The van der Waals surface area contributed by atoms with E-state index < -0.39 is 47.8 Å². The van der Waals surface area contributed by atoms with Crippen molar-refractivity contribution in [2.24, 2.45) is 7.05 Å². The third-order valence-corrected chi connectivity index (χ3v) is 6.80. The smallest absolute Gasteiger partial charge is 0.372 e. The molecule has 0 radical (unpaired) electrons. The lowest BCUT2D eigenvalue weighted by Gasteiger charge is -2.33. The Morgan fingerprint density at radius 3 is 2.02 bits per heavy atom. The van der Waals surface area contributed by atoms with Crippen LogP contribution < -0.4 is 9.80 Å². The van der Waals surface area contributed by atoms with Gasteiger partial charge in [-0.1, -0.05) is 11.2 Å². The van der Waals surface area contributed by atoms with Crippen LogP contribution in [0.1, 0.15) is 59.2 Å². The average Bonchev–Trinajstić information content (AvgIpc) is 3.18. The number of aromatic nitrogens is 4. The minimum atomic E-state index is -5.05. The molecule has 0 spiro atoms. The zero-order valence-corrected chi connectivity index (χ0v) is 21.6. The molecule has 1 unspecified atom stereocenters. The van der Waals surface area contributed by atoms with Gasteiger partial charge < -0.3 is 9.80 Å². The highest BCUT2D eigenvalue weighted by Crippen LogP contribution is 2.44. The van der Waals surface area contributed by atoms with E-state index in [1.54, 1.807) is 11.8 Å². The number of hydrogen-bond donors (Lipinski definition) is 0. The predicted octanol–water partition coefficient (Wildman–Crippen LogP) is 6.94. The summed E-state index contributed by atoms with van der Waals surface area (Å²) in [4.78, 5) is 4.23. The molecule has 3 aromatic rings. The fourth-order valence-corrected chi connectivity index (χ4v) is 4.99. The van der Waals surface area contributed by atoms with Crippen LogP contribution in [-0.2, 0) is 32.1 Å². The first-order valence-corrected chi connectivity index (χ1v) is 12.2. The van der Waals surface area contributed by atoms with Gasteiger partial charge in [0.05, 0.1) is 29.8 Å². The van der Waals surface area contributed by atoms with Gasteiger partial charge in [-0.15, -0.1) is 5.10 Å². The Hall–Kier alpha value is -3.52. The molecule has 0 N–H and O–H groups in total. The first-order chi connectivity index (χ1) is 18.5. The van der Waals surface area contributed by atoms with Crippen LogP contribution in [0.15, 0.2) is 30.3 Å². The molecule has 0 saturated carbocycles. The summed E-state index contributed by atoms with van der Waals surface area (Å²) in [5.41, 5.74) is -3.47. The number of fused-ring (bicyclic) bond motifs is 1. The fourth-order valence-electron chi connectivity index (χ4n) is 4.99. The molecule has 2 heterocycles. The van der Waals surface area contributed by atoms with E-state index in [0.29, 0.717) is 43.6 Å².